The lowest BCUT2D eigenvalue weighted by molar-refractivity contribution is -0.115. The number of sulfonamides is 1. The molecular weight excluding hydrogens is 374 g/mol. The molecule has 2 aromatic carbocycles. The van der Waals surface area contributed by atoms with Crippen molar-refractivity contribution in [3.8, 4) is 0 Å². The van der Waals surface area contributed by atoms with Gasteiger partial charge in [0.05, 0.1) is 11.4 Å². The molecule has 0 bridgehead atoms. The first-order valence-electron chi connectivity index (χ1n) is 9.21. The molecule has 2 rings (SSSR count). The number of hydrogen-bond donors (Lipinski definition) is 1. The topological polar surface area (TPSA) is 69.7 Å². The summed E-state index contributed by atoms with van der Waals surface area (Å²) >= 11 is 0. The summed E-state index contributed by atoms with van der Waals surface area (Å²) in [5, 5.41) is 2.82. The largest absolute Gasteiger partial charge is 0.362 e. The molecule has 7 heteroatoms. The normalized spacial score (nSPS) is 11.5. The summed E-state index contributed by atoms with van der Waals surface area (Å²) in [6.07, 6.45) is 0. The van der Waals surface area contributed by atoms with Gasteiger partial charge < -0.3 is 10.2 Å². The molecule has 2 aromatic rings. The number of carbonyl (C=O) groups is 1. The summed E-state index contributed by atoms with van der Waals surface area (Å²) in [6.45, 7) is 8.68. The van der Waals surface area contributed by atoms with Gasteiger partial charge in [0.15, 0.2) is 0 Å². The summed E-state index contributed by atoms with van der Waals surface area (Å²) in [7, 11) is -0.596. The number of benzene rings is 2. The molecule has 152 valence electrons. The molecule has 28 heavy (non-hydrogen) atoms. The minimum atomic E-state index is -3.57. The van der Waals surface area contributed by atoms with Gasteiger partial charge in [0.25, 0.3) is 0 Å². The van der Waals surface area contributed by atoms with Crippen LogP contribution in [-0.4, -0.2) is 45.8 Å². The second kappa shape index (κ2) is 8.75. The van der Waals surface area contributed by atoms with Gasteiger partial charge in [-0.1, -0.05) is 23.8 Å². The molecule has 1 amide bonds. The zero-order valence-corrected chi connectivity index (χ0v) is 18.2. The van der Waals surface area contributed by atoms with Gasteiger partial charge in [-0.2, -0.15) is 0 Å². The van der Waals surface area contributed by atoms with E-state index in [1.54, 1.807) is 19.1 Å². The molecule has 0 saturated carbocycles. The fourth-order valence-electron chi connectivity index (χ4n) is 3.05. The van der Waals surface area contributed by atoms with Gasteiger partial charge in [-0.15, -0.1) is 0 Å². The van der Waals surface area contributed by atoms with Crippen molar-refractivity contribution in [2.45, 2.75) is 32.6 Å². The quantitative estimate of drug-likeness (QED) is 0.770. The van der Waals surface area contributed by atoms with Gasteiger partial charge in [0, 0.05) is 32.0 Å². The third-order valence-corrected chi connectivity index (χ3v) is 6.60. The van der Waals surface area contributed by atoms with Crippen molar-refractivity contribution in [3.63, 3.8) is 0 Å². The Labute approximate surface area is 168 Å². The molecule has 0 unspecified atom stereocenters. The zero-order valence-electron chi connectivity index (χ0n) is 17.4. The molecule has 0 aliphatic rings. The Kier molecular flexibility index (Phi) is 6.85. The number of rotatable bonds is 7. The predicted molar refractivity (Wildman–Crippen MR) is 114 cm³/mol. The Bertz CT molecular complexity index is 969. The van der Waals surface area contributed by atoms with Crippen LogP contribution in [0.2, 0.25) is 0 Å². The number of amides is 1. The first-order chi connectivity index (χ1) is 13.1. The van der Waals surface area contributed by atoms with Gasteiger partial charge in [0.1, 0.15) is 0 Å². The van der Waals surface area contributed by atoms with Crippen molar-refractivity contribution >= 4 is 27.3 Å². The minimum absolute atomic E-state index is 0.185. The van der Waals surface area contributed by atoms with Crippen LogP contribution in [0.4, 0.5) is 11.4 Å². The third-order valence-electron chi connectivity index (χ3n) is 4.64. The zero-order chi connectivity index (χ0) is 21.1. The van der Waals surface area contributed by atoms with Gasteiger partial charge >= 0.3 is 0 Å². The van der Waals surface area contributed by atoms with Crippen molar-refractivity contribution in [1.29, 1.82) is 0 Å². The molecule has 1 N–H and O–H groups in total. The molecule has 6 nitrogen and oxygen atoms in total. The van der Waals surface area contributed by atoms with Crippen LogP contribution in [0.15, 0.2) is 41.3 Å². The number of carbonyl (C=O) groups excluding carboxylic acids is 1. The van der Waals surface area contributed by atoms with E-state index in [1.807, 2.05) is 37.8 Å². The Morgan fingerprint density at radius 1 is 1.00 bits per heavy atom. The van der Waals surface area contributed by atoms with E-state index in [0.29, 0.717) is 17.8 Å². The summed E-state index contributed by atoms with van der Waals surface area (Å²) < 4.78 is 26.1. The van der Waals surface area contributed by atoms with Crippen LogP contribution < -0.4 is 10.2 Å². The maximum absolute atomic E-state index is 12.6. The lowest BCUT2D eigenvalue weighted by Crippen LogP contribution is -2.33. The number of nitrogens with zero attached hydrogens (tertiary/aromatic N) is 2. The van der Waals surface area contributed by atoms with E-state index in [9.17, 15) is 13.2 Å². The Morgan fingerprint density at radius 2 is 1.68 bits per heavy atom. The summed E-state index contributed by atoms with van der Waals surface area (Å²) in [6, 6.07) is 11.1. The summed E-state index contributed by atoms with van der Waals surface area (Å²) in [5.74, 6) is -0.195. The van der Waals surface area contributed by atoms with Crippen LogP contribution in [0.1, 0.15) is 23.6 Å². The number of aryl methyl sites for hydroxylation is 3. The predicted octanol–water partition coefficient (Wildman–Crippen LogP) is 3.33. The molecule has 0 spiro atoms. The lowest BCUT2D eigenvalue weighted by Gasteiger charge is -2.24. The summed E-state index contributed by atoms with van der Waals surface area (Å²) in [5.41, 5.74) is 4.41. The van der Waals surface area contributed by atoms with Crippen LogP contribution in [0.25, 0.3) is 0 Å². The van der Waals surface area contributed by atoms with E-state index >= 15 is 0 Å². The van der Waals surface area contributed by atoms with E-state index in [-0.39, 0.29) is 17.3 Å². The van der Waals surface area contributed by atoms with Crippen molar-refractivity contribution in [1.82, 2.24) is 4.31 Å². The highest BCUT2D eigenvalue weighted by Gasteiger charge is 2.21. The molecule has 0 aromatic heterocycles. The van der Waals surface area contributed by atoms with E-state index in [2.05, 4.69) is 11.4 Å². The molecule has 0 radical (unpaired) electrons. The van der Waals surface area contributed by atoms with Crippen LogP contribution in [-0.2, 0) is 14.8 Å². The monoisotopic (exact) mass is 403 g/mol. The van der Waals surface area contributed by atoms with E-state index in [0.717, 1.165) is 11.3 Å². The average Bonchev–Trinajstić information content (AvgIpc) is 2.61. The van der Waals surface area contributed by atoms with Gasteiger partial charge in [0.2, 0.25) is 15.9 Å². The van der Waals surface area contributed by atoms with Gasteiger partial charge in [-0.05, 0) is 57.0 Å². The molecule has 0 atom stereocenters. The second-order valence-corrected chi connectivity index (χ2v) is 9.24. The highest BCUT2D eigenvalue weighted by molar-refractivity contribution is 7.89. The minimum Gasteiger partial charge on any atom is -0.362 e. The molecule has 0 aliphatic heterocycles. The molecule has 0 saturated heterocycles. The number of likely N-dealkylation sites (N-methyl/N-ethyl adjacent to an activating group) is 1. The Morgan fingerprint density at radius 3 is 2.25 bits per heavy atom. The van der Waals surface area contributed by atoms with E-state index in [4.69, 9.17) is 0 Å². The van der Waals surface area contributed by atoms with Crippen molar-refractivity contribution in [2.75, 3.05) is 37.4 Å². The second-order valence-electron chi connectivity index (χ2n) is 7.12. The number of nitrogens with one attached hydrogen (secondary N) is 1. The summed E-state index contributed by atoms with van der Waals surface area (Å²) in [4.78, 5) is 14.8. The first-order valence-corrected chi connectivity index (χ1v) is 10.7. The molecular formula is C21H29N3O3S. The average molecular weight is 404 g/mol. The Hall–Kier alpha value is -2.38. The highest BCUT2D eigenvalue weighted by atomic mass is 32.2. The Balaban J connectivity index is 2.20. The van der Waals surface area contributed by atoms with Crippen molar-refractivity contribution in [2.24, 2.45) is 0 Å². The third kappa shape index (κ3) is 4.91. The maximum Gasteiger partial charge on any atom is 0.243 e. The van der Waals surface area contributed by atoms with Gasteiger partial charge in [-0.3, -0.25) is 4.79 Å². The molecule has 0 fully saturated rings. The maximum atomic E-state index is 12.6. The van der Waals surface area contributed by atoms with Gasteiger partial charge in [-0.25, -0.2) is 12.7 Å². The van der Waals surface area contributed by atoms with Crippen LogP contribution in [0.3, 0.4) is 0 Å². The van der Waals surface area contributed by atoms with Crippen LogP contribution >= 0.6 is 0 Å². The fourth-order valence-corrected chi connectivity index (χ4v) is 4.20. The van der Waals surface area contributed by atoms with E-state index in [1.165, 1.54) is 30.0 Å². The fraction of sp³-hybridized carbons (Fsp3) is 0.381. The SMILES string of the molecule is CCN(CC(=O)Nc1ccc(C)c(S(=O)(=O)N(C)C)c1)c1ccc(C)cc1C. The van der Waals surface area contributed by atoms with Crippen molar-refractivity contribution in [3.05, 3.63) is 53.1 Å². The number of anilines is 2. The standard InChI is InChI=1S/C21H29N3O3S/c1-7-24(19-11-8-15(2)12-17(19)4)14-21(25)22-18-10-9-16(3)20(13-18)28(26,27)23(5)6/h8-13H,7,14H2,1-6H3,(H,22,25). The lowest BCUT2D eigenvalue weighted by atomic mass is 10.1. The molecule has 0 aliphatic carbocycles. The smallest absolute Gasteiger partial charge is 0.243 e. The van der Waals surface area contributed by atoms with Crippen LogP contribution in [0.5, 0.6) is 0 Å². The first kappa shape index (κ1) is 21.9. The van der Waals surface area contributed by atoms with Crippen LogP contribution in [0, 0.1) is 20.8 Å². The van der Waals surface area contributed by atoms with E-state index < -0.39 is 10.0 Å². The number of hydrogen-bond acceptors (Lipinski definition) is 4. The van der Waals surface area contributed by atoms with Crippen molar-refractivity contribution < 1.29 is 13.2 Å². The highest BCUT2D eigenvalue weighted by Crippen LogP contribution is 2.23. The molecule has 0 heterocycles.